The normalized spacial score (nSPS) is 11.9. The van der Waals surface area contributed by atoms with Crippen molar-refractivity contribution in [3.63, 3.8) is 0 Å². The molecule has 1 nitrogen and oxygen atoms in total. The summed E-state index contributed by atoms with van der Waals surface area (Å²) in [6.45, 7) is 17.5. The Bertz CT molecular complexity index is 344. The summed E-state index contributed by atoms with van der Waals surface area (Å²) in [4.78, 5) is 4.51. The van der Waals surface area contributed by atoms with E-state index in [1.807, 2.05) is 18.3 Å². The molecule has 0 saturated heterocycles. The van der Waals surface area contributed by atoms with Crippen LogP contribution in [-0.2, 0) is 0 Å². The van der Waals surface area contributed by atoms with E-state index < -0.39 is 0 Å². The molecule has 0 fully saturated rings. The fourth-order valence-corrected chi connectivity index (χ4v) is 2.50. The van der Waals surface area contributed by atoms with Crippen molar-refractivity contribution in [2.45, 2.75) is 41.5 Å². The average molecular weight is 256 g/mol. The minimum absolute atomic E-state index is 0. The zero-order valence-corrected chi connectivity index (χ0v) is 15.5. The van der Waals surface area contributed by atoms with Crippen molar-refractivity contribution in [3.8, 4) is 0 Å². The van der Waals surface area contributed by atoms with Gasteiger partial charge in [-0.25, -0.2) is 17.7 Å². The Labute approximate surface area is 149 Å². The van der Waals surface area contributed by atoms with E-state index in [1.165, 1.54) is 5.92 Å². The first-order valence-corrected chi connectivity index (χ1v) is 5.79. The number of rotatable bonds is 1. The zero-order valence-electron chi connectivity index (χ0n) is 12.4. The summed E-state index contributed by atoms with van der Waals surface area (Å²) in [6.07, 6.45) is 1.85. The molecule has 0 radical (unpaired) electrons. The fraction of sp³-hybridized carbons (Fsp3) is 0.533. The summed E-state index contributed by atoms with van der Waals surface area (Å²) in [5, 5.41) is 0. The molecule has 2 heteroatoms. The van der Waals surface area contributed by atoms with Gasteiger partial charge in [0.25, 0.3) is 0 Å². The number of hydrogen-bond donors (Lipinski definition) is 0. The molecular weight excluding hydrogens is 233 g/mol. The summed E-state index contributed by atoms with van der Waals surface area (Å²) < 4.78 is 0. The first-order valence-electron chi connectivity index (χ1n) is 5.79. The Morgan fingerprint density at radius 2 is 1.53 bits per heavy atom. The summed E-state index contributed by atoms with van der Waals surface area (Å²) in [7, 11) is 0. The first kappa shape index (κ1) is 17.5. The molecule has 1 aromatic heterocycles. The zero-order chi connectivity index (χ0) is 12.6. The number of hydrogen-bond acceptors (Lipinski definition) is 1. The molecule has 0 aliphatic rings. The van der Waals surface area contributed by atoms with Crippen LogP contribution >= 0.6 is 0 Å². The van der Waals surface area contributed by atoms with Gasteiger partial charge in [0.15, 0.2) is 0 Å². The molecule has 1 rings (SSSR count). The average Bonchev–Trinajstić information content (AvgIpc) is 2.03. The second-order valence-electron chi connectivity index (χ2n) is 6.39. The van der Waals surface area contributed by atoms with Crippen LogP contribution in [0.4, 0.5) is 0 Å². The van der Waals surface area contributed by atoms with Crippen molar-refractivity contribution in [3.05, 3.63) is 42.4 Å². The molecule has 0 amide bonds. The van der Waals surface area contributed by atoms with Crippen LogP contribution in [0.15, 0.2) is 18.3 Å². The van der Waals surface area contributed by atoms with Gasteiger partial charge in [-0.05, 0) is 6.20 Å². The van der Waals surface area contributed by atoms with E-state index in [9.17, 15) is 0 Å². The molecule has 0 spiro atoms. The van der Waals surface area contributed by atoms with Gasteiger partial charge >= 0.3 is 51.4 Å². The third-order valence-electron chi connectivity index (χ3n) is 2.63. The SMILES string of the molecule is [CH2-]c1cccnc1[C-](C(C)(C)C)C(C)(C)C.[K+]. The molecule has 1 aromatic rings. The Kier molecular flexibility index (Phi) is 6.30. The van der Waals surface area contributed by atoms with Gasteiger partial charge in [0.05, 0.1) is 0 Å². The van der Waals surface area contributed by atoms with Crippen LogP contribution in [0.1, 0.15) is 52.8 Å². The molecule has 0 atom stereocenters. The van der Waals surface area contributed by atoms with Gasteiger partial charge in [-0.3, -0.25) is 6.92 Å². The summed E-state index contributed by atoms with van der Waals surface area (Å²) >= 11 is 0. The van der Waals surface area contributed by atoms with E-state index in [0.717, 1.165) is 11.3 Å². The van der Waals surface area contributed by atoms with E-state index in [4.69, 9.17) is 0 Å². The van der Waals surface area contributed by atoms with Crippen molar-refractivity contribution in [1.29, 1.82) is 0 Å². The van der Waals surface area contributed by atoms with E-state index in [0.29, 0.717) is 0 Å². The van der Waals surface area contributed by atoms with Gasteiger partial charge in [0, 0.05) is 0 Å². The van der Waals surface area contributed by atoms with Crippen LogP contribution in [0.5, 0.6) is 0 Å². The van der Waals surface area contributed by atoms with Gasteiger partial charge in [-0.2, -0.15) is 0 Å². The molecule has 0 saturated carbocycles. The molecule has 0 N–H and O–H groups in total. The van der Waals surface area contributed by atoms with Gasteiger partial charge < -0.3 is 10.5 Å². The van der Waals surface area contributed by atoms with Crippen molar-refractivity contribution >= 4 is 0 Å². The van der Waals surface area contributed by atoms with Crippen molar-refractivity contribution < 1.29 is 51.4 Å². The van der Waals surface area contributed by atoms with Crippen LogP contribution in [0.3, 0.4) is 0 Å². The predicted octanol–water partition coefficient (Wildman–Crippen LogP) is 1.28. The molecular formula is C15H23KN-. The smallest absolute Gasteiger partial charge is 0.359 e. The minimum Gasteiger partial charge on any atom is -0.359 e. The maximum Gasteiger partial charge on any atom is 1.00 e. The molecule has 0 bridgehead atoms. The largest absolute Gasteiger partial charge is 1.00 e. The Hall–Kier alpha value is 0.526. The standard InChI is InChI=1S/C15H23N.K/c1-11-9-8-10-16-12(11)13(14(2,3)4)15(5,6)7;/h8-10H,1H2,2-7H3;/q-2;+1. The Balaban J connectivity index is 0.00000256. The van der Waals surface area contributed by atoms with Crippen molar-refractivity contribution in [1.82, 2.24) is 4.98 Å². The van der Waals surface area contributed by atoms with Gasteiger partial charge in [-0.15, -0.1) is 6.07 Å². The molecule has 1 heterocycles. The maximum atomic E-state index is 4.51. The van der Waals surface area contributed by atoms with Gasteiger partial charge in [-0.1, -0.05) is 52.4 Å². The topological polar surface area (TPSA) is 12.9 Å². The van der Waals surface area contributed by atoms with Crippen LogP contribution in [0, 0.1) is 23.7 Å². The van der Waals surface area contributed by atoms with Crippen LogP contribution in [0.25, 0.3) is 0 Å². The summed E-state index contributed by atoms with van der Waals surface area (Å²) in [5.74, 6) is 1.37. The predicted molar refractivity (Wildman–Crippen MR) is 70.0 cm³/mol. The van der Waals surface area contributed by atoms with Crippen LogP contribution < -0.4 is 51.4 Å². The number of pyridine rings is 1. The summed E-state index contributed by atoms with van der Waals surface area (Å²) in [6, 6.07) is 3.97. The quantitative estimate of drug-likeness (QED) is 0.545. The monoisotopic (exact) mass is 256 g/mol. The number of aromatic nitrogens is 1. The van der Waals surface area contributed by atoms with Crippen molar-refractivity contribution in [2.24, 2.45) is 10.8 Å². The second kappa shape index (κ2) is 6.11. The van der Waals surface area contributed by atoms with Crippen LogP contribution in [-0.4, -0.2) is 4.98 Å². The summed E-state index contributed by atoms with van der Waals surface area (Å²) in [5.41, 5.74) is 2.29. The van der Waals surface area contributed by atoms with Gasteiger partial charge in [0.1, 0.15) is 0 Å². The van der Waals surface area contributed by atoms with Gasteiger partial charge in [0.2, 0.25) is 0 Å². The Morgan fingerprint density at radius 1 is 1.06 bits per heavy atom. The first-order chi connectivity index (χ1) is 7.14. The third kappa shape index (κ3) is 4.60. The van der Waals surface area contributed by atoms with E-state index >= 15 is 0 Å². The van der Waals surface area contributed by atoms with Crippen LogP contribution in [0.2, 0.25) is 0 Å². The molecule has 0 aliphatic carbocycles. The maximum absolute atomic E-state index is 4.51. The molecule has 0 aliphatic heterocycles. The molecule has 0 aromatic carbocycles. The minimum atomic E-state index is 0. The van der Waals surface area contributed by atoms with E-state index in [2.05, 4.69) is 53.5 Å². The van der Waals surface area contributed by atoms with E-state index in [1.54, 1.807) is 0 Å². The molecule has 0 unspecified atom stereocenters. The third-order valence-corrected chi connectivity index (χ3v) is 2.63. The van der Waals surface area contributed by atoms with Crippen molar-refractivity contribution in [2.75, 3.05) is 0 Å². The Morgan fingerprint density at radius 3 is 1.88 bits per heavy atom. The van der Waals surface area contributed by atoms with E-state index in [-0.39, 0.29) is 62.2 Å². The molecule has 17 heavy (non-hydrogen) atoms. The number of nitrogens with zero attached hydrogens (tertiary/aromatic N) is 1. The fourth-order valence-electron chi connectivity index (χ4n) is 2.50. The second-order valence-corrected chi connectivity index (χ2v) is 6.39. The molecule has 90 valence electrons.